The number of thiophene rings is 2. The Balaban J connectivity index is 2.13. The van der Waals surface area contributed by atoms with Gasteiger partial charge < -0.3 is 15.2 Å². The molecule has 7 heteroatoms. The van der Waals surface area contributed by atoms with Crippen LogP contribution in [-0.2, 0) is 4.74 Å². The Morgan fingerprint density at radius 3 is 2.90 bits per heavy atom. The van der Waals surface area contributed by atoms with Crippen LogP contribution in [0.3, 0.4) is 0 Å². The van der Waals surface area contributed by atoms with E-state index in [2.05, 4.69) is 21.9 Å². The molecule has 2 aromatic rings. The van der Waals surface area contributed by atoms with Gasteiger partial charge in [0, 0.05) is 0 Å². The minimum Gasteiger partial charge on any atom is -0.465 e. The summed E-state index contributed by atoms with van der Waals surface area (Å²) < 4.78 is 4.65. The molecule has 0 aliphatic rings. The van der Waals surface area contributed by atoms with Gasteiger partial charge in [-0.25, -0.2) is 4.79 Å². The lowest BCUT2D eigenvalue weighted by atomic mass is 10.3. The van der Waals surface area contributed by atoms with E-state index in [1.165, 1.54) is 29.8 Å². The molecule has 0 bridgehead atoms. The van der Waals surface area contributed by atoms with Crippen molar-refractivity contribution in [3.63, 3.8) is 0 Å². The molecule has 0 aliphatic heterocycles. The zero-order valence-corrected chi connectivity index (χ0v) is 12.6. The van der Waals surface area contributed by atoms with Crippen LogP contribution in [-0.4, -0.2) is 30.7 Å². The first kappa shape index (κ1) is 15.3. The highest BCUT2D eigenvalue weighted by Gasteiger charge is 2.17. The Bertz CT molecular complexity index is 721. The summed E-state index contributed by atoms with van der Waals surface area (Å²) >= 11 is 2.41. The maximum Gasteiger partial charge on any atom is 0.350 e. The van der Waals surface area contributed by atoms with Gasteiger partial charge in [0.25, 0.3) is 5.91 Å². The summed E-state index contributed by atoms with van der Waals surface area (Å²) in [6, 6.07) is 5.00. The molecular formula is C14H11NO4S2. The zero-order chi connectivity index (χ0) is 15.2. The molecule has 0 unspecified atom stereocenters. The van der Waals surface area contributed by atoms with Gasteiger partial charge in [-0.2, -0.15) is 0 Å². The number of amides is 1. The van der Waals surface area contributed by atoms with Gasteiger partial charge in [-0.3, -0.25) is 4.79 Å². The molecule has 108 valence electrons. The first-order valence-electron chi connectivity index (χ1n) is 5.82. The summed E-state index contributed by atoms with van der Waals surface area (Å²) in [4.78, 5) is 25.2. The highest BCUT2D eigenvalue weighted by Crippen LogP contribution is 2.25. The summed E-state index contributed by atoms with van der Waals surface area (Å²) in [5, 5.41) is 13.0. The highest BCUT2D eigenvalue weighted by atomic mass is 32.1. The van der Waals surface area contributed by atoms with Crippen molar-refractivity contribution in [2.45, 2.75) is 0 Å². The Kier molecular flexibility index (Phi) is 5.11. The number of ether oxygens (including phenoxy) is 1. The third kappa shape index (κ3) is 3.70. The maximum atomic E-state index is 12.1. The topological polar surface area (TPSA) is 75.6 Å². The number of aliphatic hydroxyl groups is 1. The number of esters is 1. The van der Waals surface area contributed by atoms with E-state index in [1.807, 2.05) is 0 Å². The van der Waals surface area contributed by atoms with Crippen molar-refractivity contribution in [2.24, 2.45) is 0 Å². The second kappa shape index (κ2) is 7.04. The van der Waals surface area contributed by atoms with E-state index in [0.29, 0.717) is 20.3 Å². The lowest BCUT2D eigenvalue weighted by Crippen LogP contribution is -2.12. The molecule has 0 atom stereocenters. The summed E-state index contributed by atoms with van der Waals surface area (Å²) in [5.74, 6) is 4.45. The van der Waals surface area contributed by atoms with Crippen molar-refractivity contribution in [2.75, 3.05) is 19.0 Å². The van der Waals surface area contributed by atoms with Gasteiger partial charge in [0.15, 0.2) is 0 Å². The quantitative estimate of drug-likeness (QED) is 0.671. The SMILES string of the molecule is COC(=O)c1sccc1NC(=O)c1ccc(C#CCO)s1. The predicted molar refractivity (Wildman–Crippen MR) is 81.9 cm³/mol. The lowest BCUT2D eigenvalue weighted by molar-refractivity contribution is 0.0607. The van der Waals surface area contributed by atoms with E-state index in [4.69, 9.17) is 5.11 Å². The molecule has 0 aromatic carbocycles. The van der Waals surface area contributed by atoms with Crippen LogP contribution < -0.4 is 5.32 Å². The number of hydrogen-bond acceptors (Lipinski definition) is 6. The van der Waals surface area contributed by atoms with E-state index in [9.17, 15) is 9.59 Å². The average molecular weight is 321 g/mol. The fourth-order valence-corrected chi connectivity index (χ4v) is 3.04. The van der Waals surface area contributed by atoms with Gasteiger partial charge in [0.05, 0.1) is 22.6 Å². The number of aliphatic hydroxyl groups excluding tert-OH is 1. The van der Waals surface area contributed by atoms with Crippen molar-refractivity contribution in [3.8, 4) is 11.8 Å². The van der Waals surface area contributed by atoms with Gasteiger partial charge in [0.1, 0.15) is 11.5 Å². The van der Waals surface area contributed by atoms with Crippen LogP contribution in [0.2, 0.25) is 0 Å². The fourth-order valence-electron chi connectivity index (χ4n) is 1.50. The van der Waals surface area contributed by atoms with Crippen LogP contribution >= 0.6 is 22.7 Å². The smallest absolute Gasteiger partial charge is 0.350 e. The minimum absolute atomic E-state index is 0.225. The highest BCUT2D eigenvalue weighted by molar-refractivity contribution is 7.14. The van der Waals surface area contributed by atoms with Gasteiger partial charge in [0.2, 0.25) is 0 Å². The number of carbonyl (C=O) groups is 2. The van der Waals surface area contributed by atoms with E-state index in [1.54, 1.807) is 23.6 Å². The summed E-state index contributed by atoms with van der Waals surface area (Å²) in [7, 11) is 1.29. The predicted octanol–water partition coefficient (Wildman–Crippen LogP) is 2.19. The van der Waals surface area contributed by atoms with Gasteiger partial charge in [-0.15, -0.1) is 22.7 Å². The Hall–Kier alpha value is -2.14. The summed E-state index contributed by atoms with van der Waals surface area (Å²) in [6.45, 7) is -0.225. The number of rotatable bonds is 3. The number of carbonyl (C=O) groups excluding carboxylic acids is 2. The Labute approximate surface area is 129 Å². The molecule has 2 rings (SSSR count). The van der Waals surface area contributed by atoms with Crippen LogP contribution in [0.25, 0.3) is 0 Å². The van der Waals surface area contributed by atoms with Crippen molar-refractivity contribution in [1.29, 1.82) is 0 Å². The van der Waals surface area contributed by atoms with E-state index < -0.39 is 5.97 Å². The molecule has 0 saturated heterocycles. The van der Waals surface area contributed by atoms with Crippen molar-refractivity contribution in [1.82, 2.24) is 0 Å². The van der Waals surface area contributed by atoms with Crippen LogP contribution in [0.15, 0.2) is 23.6 Å². The number of anilines is 1. The molecule has 0 radical (unpaired) electrons. The molecule has 0 spiro atoms. The standard InChI is InChI=1S/C14H11NO4S2/c1-19-14(18)12-10(6-8-20-12)15-13(17)11-5-4-9(21-11)3-2-7-16/h4-6,8,16H,7H2,1H3,(H,15,17). The van der Waals surface area contributed by atoms with E-state index in [0.717, 1.165) is 0 Å². The average Bonchev–Trinajstić information content (AvgIpc) is 3.13. The molecule has 2 heterocycles. The zero-order valence-electron chi connectivity index (χ0n) is 11.0. The maximum absolute atomic E-state index is 12.1. The molecule has 1 amide bonds. The van der Waals surface area contributed by atoms with E-state index in [-0.39, 0.29) is 12.5 Å². The van der Waals surface area contributed by atoms with Crippen LogP contribution in [0.5, 0.6) is 0 Å². The summed E-state index contributed by atoms with van der Waals surface area (Å²) in [5.41, 5.74) is 0.424. The molecule has 2 N–H and O–H groups in total. The number of methoxy groups -OCH3 is 1. The van der Waals surface area contributed by atoms with Crippen molar-refractivity contribution >= 4 is 40.2 Å². The molecule has 2 aromatic heterocycles. The number of nitrogens with one attached hydrogen (secondary N) is 1. The Morgan fingerprint density at radius 2 is 2.19 bits per heavy atom. The third-order valence-electron chi connectivity index (χ3n) is 2.40. The first-order valence-corrected chi connectivity index (χ1v) is 7.52. The van der Waals surface area contributed by atoms with Gasteiger partial charge in [-0.05, 0) is 23.6 Å². The van der Waals surface area contributed by atoms with Crippen LogP contribution in [0, 0.1) is 11.8 Å². The van der Waals surface area contributed by atoms with Crippen LogP contribution in [0.1, 0.15) is 24.2 Å². The van der Waals surface area contributed by atoms with E-state index >= 15 is 0 Å². The molecule has 0 fully saturated rings. The molecule has 0 saturated carbocycles. The molecular weight excluding hydrogens is 310 g/mol. The normalized spacial score (nSPS) is 9.62. The second-order valence-electron chi connectivity index (χ2n) is 3.73. The largest absolute Gasteiger partial charge is 0.465 e. The van der Waals surface area contributed by atoms with Crippen LogP contribution in [0.4, 0.5) is 5.69 Å². The second-order valence-corrected chi connectivity index (χ2v) is 5.73. The van der Waals surface area contributed by atoms with Crippen molar-refractivity contribution < 1.29 is 19.4 Å². The minimum atomic E-state index is -0.485. The van der Waals surface area contributed by atoms with Gasteiger partial charge in [-0.1, -0.05) is 11.8 Å². The Morgan fingerprint density at radius 1 is 1.38 bits per heavy atom. The molecule has 0 aliphatic carbocycles. The third-order valence-corrected chi connectivity index (χ3v) is 4.30. The molecule has 5 nitrogen and oxygen atoms in total. The first-order chi connectivity index (χ1) is 10.2. The fraction of sp³-hybridized carbons (Fsp3) is 0.143. The van der Waals surface area contributed by atoms with Crippen molar-refractivity contribution in [3.05, 3.63) is 38.2 Å². The van der Waals surface area contributed by atoms with Gasteiger partial charge >= 0.3 is 5.97 Å². The monoisotopic (exact) mass is 321 g/mol. The summed E-state index contributed by atoms with van der Waals surface area (Å²) in [6.07, 6.45) is 0. The lowest BCUT2D eigenvalue weighted by Gasteiger charge is -2.03. The number of hydrogen-bond donors (Lipinski definition) is 2. The molecule has 21 heavy (non-hydrogen) atoms.